The lowest BCUT2D eigenvalue weighted by molar-refractivity contribution is -0.115. The number of amides is 1. The minimum absolute atomic E-state index is 0.0767. The fourth-order valence-electron chi connectivity index (χ4n) is 4.21. The fraction of sp³-hybridized carbons (Fsp3) is 0.250. The zero-order chi connectivity index (χ0) is 28.0. The number of anilines is 2. The Balaban J connectivity index is 0.883. The second kappa shape index (κ2) is 13.4. The summed E-state index contributed by atoms with van der Waals surface area (Å²) < 4.78 is 2.41. The number of thioether (sulfide) groups is 1. The monoisotopic (exact) mass is 638 g/mol. The summed E-state index contributed by atoms with van der Waals surface area (Å²) in [4.78, 5) is 14.6. The topological polar surface area (TPSA) is 113 Å². The normalized spacial score (nSPS) is 12.2. The average molecular weight is 639 g/mol. The molecule has 0 aliphatic rings. The van der Waals surface area contributed by atoms with E-state index in [1.54, 1.807) is 22.7 Å². The number of rotatable bonds is 13. The highest BCUT2D eigenvalue weighted by molar-refractivity contribution is 7.99. The van der Waals surface area contributed by atoms with Crippen LogP contribution in [-0.4, -0.2) is 49.1 Å². The number of aliphatic hydroxyl groups excluding tert-OH is 1. The Morgan fingerprint density at radius 2 is 1.37 bits per heavy atom. The average Bonchev–Trinajstić information content (AvgIpc) is 3.75. The van der Waals surface area contributed by atoms with E-state index in [-0.39, 0.29) is 5.91 Å². The Kier molecular flexibility index (Phi) is 9.19. The van der Waals surface area contributed by atoms with Gasteiger partial charge in [0.05, 0.1) is 6.42 Å². The predicted molar refractivity (Wildman–Crippen MR) is 174 cm³/mol. The van der Waals surface area contributed by atoms with E-state index in [2.05, 4.69) is 67.4 Å². The summed E-state index contributed by atoms with van der Waals surface area (Å²) in [5, 5.41) is 38.6. The van der Waals surface area contributed by atoms with Crippen LogP contribution in [0.3, 0.4) is 0 Å². The summed E-state index contributed by atoms with van der Waals surface area (Å²) in [6.45, 7) is 0. The first-order chi connectivity index (χ1) is 20.1. The molecule has 0 saturated heterocycles. The first kappa shape index (κ1) is 28.2. The van der Waals surface area contributed by atoms with Gasteiger partial charge in [0.1, 0.15) is 16.2 Å². The third-order valence-corrected chi connectivity index (χ3v) is 11.1. The number of aliphatic hydroxyl groups is 1. The van der Waals surface area contributed by atoms with Gasteiger partial charge in [-0.05, 0) is 46.5 Å². The molecule has 0 bridgehead atoms. The van der Waals surface area contributed by atoms with Gasteiger partial charge in [-0.25, -0.2) is 0 Å². The van der Waals surface area contributed by atoms with E-state index in [0.29, 0.717) is 23.1 Å². The number of hydrogen-bond acceptors (Lipinski definition) is 12. The van der Waals surface area contributed by atoms with Gasteiger partial charge >= 0.3 is 0 Å². The maximum Gasteiger partial charge on any atom is 0.231 e. The van der Waals surface area contributed by atoms with Crippen molar-refractivity contribution in [3.63, 3.8) is 0 Å². The number of nitrogens with zero attached hydrogens (tertiary/aromatic N) is 4. The van der Waals surface area contributed by atoms with Gasteiger partial charge in [-0.2, -0.15) is 11.8 Å². The van der Waals surface area contributed by atoms with Gasteiger partial charge in [-0.1, -0.05) is 59.1 Å². The largest absolute Gasteiger partial charge is 0.373 e. The molecule has 0 aliphatic heterocycles. The second-order valence-electron chi connectivity index (χ2n) is 9.20. The molecule has 2 aromatic carbocycles. The molecule has 1 unspecified atom stereocenters. The molecule has 4 heterocycles. The zero-order valence-corrected chi connectivity index (χ0v) is 25.9. The van der Waals surface area contributed by atoms with Crippen LogP contribution < -0.4 is 10.6 Å². The van der Waals surface area contributed by atoms with E-state index >= 15 is 0 Å². The van der Waals surface area contributed by atoms with Crippen LogP contribution in [-0.2, 0) is 30.5 Å². The number of aromatic nitrogens is 4. The molecule has 4 aromatic heterocycles. The summed E-state index contributed by atoms with van der Waals surface area (Å²) in [6, 6.07) is 20.6. The standard InChI is InChI=1S/C28H26N6O2S5/c35-23(15-19-13-17-5-1-3-7-21(17)38-19)29-27-33-31-25(40-27)9-11-37-12-10-26-32-34-28(41-26)30-24(36)16-20-14-18-6-2-4-8-22(18)39-20/h1-8,13-14,23,35H,9-12,15-16H2,(H,29,33)(H,30,34,36). The summed E-state index contributed by atoms with van der Waals surface area (Å²) >= 11 is 8.07. The van der Waals surface area contributed by atoms with Crippen molar-refractivity contribution in [3.05, 3.63) is 80.4 Å². The van der Waals surface area contributed by atoms with Gasteiger partial charge in [-0.3, -0.25) is 4.79 Å². The van der Waals surface area contributed by atoms with Crippen LogP contribution in [0.1, 0.15) is 19.8 Å². The third-order valence-electron chi connectivity index (χ3n) is 6.07. The molecular weight excluding hydrogens is 613 g/mol. The minimum Gasteiger partial charge on any atom is -0.373 e. The van der Waals surface area contributed by atoms with Crippen LogP contribution >= 0.6 is 57.1 Å². The van der Waals surface area contributed by atoms with E-state index in [1.807, 2.05) is 36.0 Å². The Morgan fingerprint density at radius 3 is 2.05 bits per heavy atom. The van der Waals surface area contributed by atoms with Crippen LogP contribution in [0.25, 0.3) is 20.2 Å². The van der Waals surface area contributed by atoms with Gasteiger partial charge < -0.3 is 15.7 Å². The molecule has 6 rings (SSSR count). The molecule has 6 aromatic rings. The predicted octanol–water partition coefficient (Wildman–Crippen LogP) is 6.49. The van der Waals surface area contributed by atoms with Crippen LogP contribution in [0.5, 0.6) is 0 Å². The number of thiophene rings is 2. The van der Waals surface area contributed by atoms with Crippen molar-refractivity contribution >= 4 is 93.5 Å². The first-order valence-corrected chi connectivity index (χ1v) is 17.4. The number of carbonyl (C=O) groups excluding carboxylic acids is 1. The maximum atomic E-state index is 12.5. The number of aryl methyl sites for hydroxylation is 2. The van der Waals surface area contributed by atoms with Gasteiger partial charge in [0, 0.05) is 38.4 Å². The third kappa shape index (κ3) is 7.67. The SMILES string of the molecule is O=C(Cc1cc2ccccc2s1)Nc1nnc(CCSCCc2nnc(NC(O)Cc3cc4ccccc4s3)s2)s1. The summed E-state index contributed by atoms with van der Waals surface area (Å²) in [6.07, 6.45) is 1.74. The maximum absolute atomic E-state index is 12.5. The number of nitrogens with one attached hydrogen (secondary N) is 2. The van der Waals surface area contributed by atoms with Crippen LogP contribution in [0.2, 0.25) is 0 Å². The molecule has 1 atom stereocenters. The molecule has 13 heteroatoms. The van der Waals surface area contributed by atoms with Crippen molar-refractivity contribution in [2.24, 2.45) is 0 Å². The van der Waals surface area contributed by atoms with E-state index < -0.39 is 6.23 Å². The second-order valence-corrected chi connectivity index (χ2v) is 14.9. The van der Waals surface area contributed by atoms with Crippen molar-refractivity contribution in [1.29, 1.82) is 0 Å². The van der Waals surface area contributed by atoms with Crippen molar-refractivity contribution in [3.8, 4) is 0 Å². The molecule has 0 radical (unpaired) electrons. The van der Waals surface area contributed by atoms with Crippen LogP contribution in [0, 0.1) is 0 Å². The highest BCUT2D eigenvalue weighted by Crippen LogP contribution is 2.28. The quantitative estimate of drug-likeness (QED) is 0.0972. The highest BCUT2D eigenvalue weighted by atomic mass is 32.2. The molecular formula is C28H26N6O2S5. The van der Waals surface area contributed by atoms with Gasteiger partial charge in [0.2, 0.25) is 16.2 Å². The summed E-state index contributed by atoms with van der Waals surface area (Å²) in [5.41, 5.74) is 0. The number of fused-ring (bicyclic) bond motifs is 2. The molecule has 8 nitrogen and oxygen atoms in total. The van der Waals surface area contributed by atoms with Gasteiger partial charge in [0.15, 0.2) is 0 Å². The number of carbonyl (C=O) groups is 1. The molecule has 3 N–H and O–H groups in total. The van der Waals surface area contributed by atoms with Crippen LogP contribution in [0.15, 0.2) is 60.7 Å². The molecule has 0 spiro atoms. The highest BCUT2D eigenvalue weighted by Gasteiger charge is 2.13. The van der Waals surface area contributed by atoms with Crippen LogP contribution in [0.4, 0.5) is 10.3 Å². The Morgan fingerprint density at radius 1 is 0.780 bits per heavy atom. The lowest BCUT2D eigenvalue weighted by Crippen LogP contribution is -2.20. The summed E-state index contributed by atoms with van der Waals surface area (Å²) in [5.74, 6) is 1.74. The van der Waals surface area contributed by atoms with E-state index in [9.17, 15) is 9.90 Å². The van der Waals surface area contributed by atoms with E-state index in [0.717, 1.165) is 49.5 Å². The van der Waals surface area contributed by atoms with Crippen molar-refractivity contribution in [2.75, 3.05) is 22.1 Å². The molecule has 0 saturated carbocycles. The van der Waals surface area contributed by atoms with Crippen molar-refractivity contribution < 1.29 is 9.90 Å². The zero-order valence-electron chi connectivity index (χ0n) is 21.8. The fourth-order valence-corrected chi connectivity index (χ4v) is 9.05. The molecule has 0 aliphatic carbocycles. The lowest BCUT2D eigenvalue weighted by atomic mass is 10.2. The molecule has 1 amide bonds. The molecule has 41 heavy (non-hydrogen) atoms. The first-order valence-electron chi connectivity index (χ1n) is 13.0. The van der Waals surface area contributed by atoms with Gasteiger partial charge in [-0.15, -0.1) is 43.1 Å². The molecule has 0 fully saturated rings. The summed E-state index contributed by atoms with van der Waals surface area (Å²) in [7, 11) is 0. The van der Waals surface area contributed by atoms with E-state index in [1.165, 1.54) is 37.5 Å². The minimum atomic E-state index is -0.712. The number of benzene rings is 2. The Bertz CT molecular complexity index is 1690. The Hall–Kier alpha value is -2.94. The lowest BCUT2D eigenvalue weighted by Gasteiger charge is -2.09. The van der Waals surface area contributed by atoms with Crippen molar-refractivity contribution in [2.45, 2.75) is 31.9 Å². The smallest absolute Gasteiger partial charge is 0.231 e. The number of hydrogen-bond donors (Lipinski definition) is 3. The van der Waals surface area contributed by atoms with Gasteiger partial charge in [0.25, 0.3) is 0 Å². The molecule has 210 valence electrons. The van der Waals surface area contributed by atoms with Crippen molar-refractivity contribution in [1.82, 2.24) is 20.4 Å². The Labute approximate surface area is 256 Å². The van der Waals surface area contributed by atoms with E-state index in [4.69, 9.17) is 0 Å².